The van der Waals surface area contributed by atoms with Crippen molar-refractivity contribution in [3.8, 4) is 0 Å². The van der Waals surface area contributed by atoms with E-state index in [0.29, 0.717) is 6.61 Å². The number of carbonyl (C=O) groups excluding carboxylic acids is 1. The fourth-order valence-corrected chi connectivity index (χ4v) is 2.18. The molecular formula is C19H26N2O3. The van der Waals surface area contributed by atoms with Crippen LogP contribution in [0.4, 0.5) is 4.79 Å². The number of hydrogen-bond acceptors (Lipinski definition) is 4. The molecule has 0 spiro atoms. The molecule has 0 fully saturated rings. The highest BCUT2D eigenvalue weighted by Gasteiger charge is 2.18. The van der Waals surface area contributed by atoms with Crippen molar-refractivity contribution in [2.24, 2.45) is 0 Å². The Hall–Kier alpha value is -2.14. The molecule has 1 aromatic carbocycles. The number of aromatic nitrogens is 2. The van der Waals surface area contributed by atoms with Gasteiger partial charge in [-0.2, -0.15) is 9.78 Å². The maximum absolute atomic E-state index is 11.9. The highest BCUT2D eigenvalue weighted by atomic mass is 16.6. The smallest absolute Gasteiger partial charge is 0.435 e. The van der Waals surface area contributed by atoms with Crippen LogP contribution in [0.1, 0.15) is 44.9 Å². The number of rotatable bonds is 7. The lowest BCUT2D eigenvalue weighted by Crippen LogP contribution is -2.27. The minimum atomic E-state index is -0.515. The van der Waals surface area contributed by atoms with Crippen molar-refractivity contribution >= 4 is 6.09 Å². The van der Waals surface area contributed by atoms with Crippen molar-refractivity contribution in [3.63, 3.8) is 0 Å². The first-order valence-electron chi connectivity index (χ1n) is 8.33. The largest absolute Gasteiger partial charge is 0.442 e. The van der Waals surface area contributed by atoms with Crippen molar-refractivity contribution in [1.82, 2.24) is 9.78 Å². The summed E-state index contributed by atoms with van der Waals surface area (Å²) in [6.45, 7) is 6.88. The van der Waals surface area contributed by atoms with Crippen molar-refractivity contribution < 1.29 is 14.3 Å². The number of unbranched alkanes of at least 4 members (excludes halogenated alkanes) is 1. The molecular weight excluding hydrogens is 304 g/mol. The average molecular weight is 330 g/mol. The third kappa shape index (κ3) is 6.54. The first-order chi connectivity index (χ1) is 11.4. The zero-order valence-corrected chi connectivity index (χ0v) is 14.7. The van der Waals surface area contributed by atoms with Gasteiger partial charge >= 0.3 is 6.09 Å². The molecule has 0 aliphatic heterocycles. The first kappa shape index (κ1) is 18.2. The van der Waals surface area contributed by atoms with Gasteiger partial charge in [-0.1, -0.05) is 30.3 Å². The van der Waals surface area contributed by atoms with E-state index in [-0.39, 0.29) is 0 Å². The van der Waals surface area contributed by atoms with E-state index >= 15 is 0 Å². The van der Waals surface area contributed by atoms with E-state index in [0.717, 1.165) is 31.6 Å². The zero-order valence-electron chi connectivity index (χ0n) is 14.7. The molecule has 0 aliphatic carbocycles. The van der Waals surface area contributed by atoms with Crippen molar-refractivity contribution in [2.45, 2.75) is 52.2 Å². The molecule has 1 aromatic heterocycles. The Morgan fingerprint density at radius 3 is 2.58 bits per heavy atom. The Balaban J connectivity index is 1.64. The molecule has 0 unspecified atom stereocenters. The van der Waals surface area contributed by atoms with Crippen LogP contribution in [0.25, 0.3) is 0 Å². The van der Waals surface area contributed by atoms with E-state index in [1.807, 2.05) is 45.0 Å². The third-order valence-electron chi connectivity index (χ3n) is 3.31. The molecule has 0 atom stereocenters. The molecule has 0 saturated carbocycles. The van der Waals surface area contributed by atoms with Gasteiger partial charge in [-0.05, 0) is 51.7 Å². The maximum Gasteiger partial charge on any atom is 0.435 e. The van der Waals surface area contributed by atoms with Gasteiger partial charge in [-0.25, -0.2) is 4.79 Å². The summed E-state index contributed by atoms with van der Waals surface area (Å²) in [5.74, 6) is 0. The molecule has 2 aromatic rings. The molecule has 5 nitrogen and oxygen atoms in total. The maximum atomic E-state index is 11.9. The SMILES string of the molecule is CC(C)(C)OC(=O)n1ccc(CCCCOCc2ccccc2)n1. The minimum absolute atomic E-state index is 0.444. The highest BCUT2D eigenvalue weighted by Crippen LogP contribution is 2.10. The van der Waals surface area contributed by atoms with E-state index in [9.17, 15) is 4.79 Å². The van der Waals surface area contributed by atoms with Gasteiger partial charge in [0, 0.05) is 12.8 Å². The second-order valence-corrected chi connectivity index (χ2v) is 6.73. The van der Waals surface area contributed by atoms with Crippen LogP contribution in [0, 0.1) is 0 Å². The lowest BCUT2D eigenvalue weighted by molar-refractivity contribution is 0.0513. The second-order valence-electron chi connectivity index (χ2n) is 6.73. The molecule has 5 heteroatoms. The lowest BCUT2D eigenvalue weighted by atomic mass is 10.2. The summed E-state index contributed by atoms with van der Waals surface area (Å²) in [5, 5.41) is 4.26. The van der Waals surface area contributed by atoms with Crippen LogP contribution in [-0.2, 0) is 22.5 Å². The fraction of sp³-hybridized carbons (Fsp3) is 0.474. The predicted octanol–water partition coefficient (Wildman–Crippen LogP) is 4.21. The molecule has 1 heterocycles. The summed E-state index contributed by atoms with van der Waals surface area (Å²) in [5.41, 5.74) is 1.57. The van der Waals surface area contributed by atoms with E-state index in [1.165, 1.54) is 10.2 Å². The lowest BCUT2D eigenvalue weighted by Gasteiger charge is -2.18. The highest BCUT2D eigenvalue weighted by molar-refractivity contribution is 5.69. The van der Waals surface area contributed by atoms with Crippen LogP contribution in [0.3, 0.4) is 0 Å². The normalized spacial score (nSPS) is 11.5. The second kappa shape index (κ2) is 8.64. The zero-order chi connectivity index (χ0) is 17.4. The number of benzene rings is 1. The Bertz CT molecular complexity index is 630. The van der Waals surface area contributed by atoms with Gasteiger partial charge in [0.1, 0.15) is 5.60 Å². The Kier molecular flexibility index (Phi) is 6.55. The van der Waals surface area contributed by atoms with Crippen molar-refractivity contribution in [1.29, 1.82) is 0 Å². The number of aryl methyl sites for hydroxylation is 1. The Morgan fingerprint density at radius 1 is 1.12 bits per heavy atom. The number of ether oxygens (including phenoxy) is 2. The summed E-state index contributed by atoms with van der Waals surface area (Å²) in [7, 11) is 0. The number of hydrogen-bond donors (Lipinski definition) is 0. The van der Waals surface area contributed by atoms with Crippen LogP contribution < -0.4 is 0 Å². The molecule has 130 valence electrons. The molecule has 24 heavy (non-hydrogen) atoms. The van der Waals surface area contributed by atoms with Gasteiger partial charge in [0.25, 0.3) is 0 Å². The monoisotopic (exact) mass is 330 g/mol. The Labute approximate surface area is 143 Å². The van der Waals surface area contributed by atoms with Crippen LogP contribution in [0.5, 0.6) is 0 Å². The fourth-order valence-electron chi connectivity index (χ4n) is 2.18. The summed E-state index contributed by atoms with van der Waals surface area (Å²) in [4.78, 5) is 11.9. The summed E-state index contributed by atoms with van der Waals surface area (Å²) in [6.07, 6.45) is 3.96. The van der Waals surface area contributed by atoms with Crippen molar-refractivity contribution in [3.05, 3.63) is 53.9 Å². The van der Waals surface area contributed by atoms with Crippen LogP contribution >= 0.6 is 0 Å². The van der Waals surface area contributed by atoms with Crippen molar-refractivity contribution in [2.75, 3.05) is 6.61 Å². The van der Waals surface area contributed by atoms with Gasteiger partial charge in [0.2, 0.25) is 0 Å². The molecule has 0 aliphatic rings. The van der Waals surface area contributed by atoms with Gasteiger partial charge in [0.15, 0.2) is 0 Å². The summed E-state index contributed by atoms with van der Waals surface area (Å²) < 4.78 is 12.2. The topological polar surface area (TPSA) is 53.4 Å². The van der Waals surface area contributed by atoms with E-state index in [4.69, 9.17) is 9.47 Å². The van der Waals surface area contributed by atoms with Gasteiger partial charge < -0.3 is 9.47 Å². The first-order valence-corrected chi connectivity index (χ1v) is 8.33. The van der Waals surface area contributed by atoms with Crippen LogP contribution in [0.2, 0.25) is 0 Å². The summed E-state index contributed by atoms with van der Waals surface area (Å²) in [6, 6.07) is 12.0. The van der Waals surface area contributed by atoms with Crippen LogP contribution in [0.15, 0.2) is 42.6 Å². The van der Waals surface area contributed by atoms with Gasteiger partial charge in [-0.15, -0.1) is 0 Å². The molecule has 0 bridgehead atoms. The van der Waals surface area contributed by atoms with Crippen LogP contribution in [-0.4, -0.2) is 28.1 Å². The quantitative estimate of drug-likeness (QED) is 0.714. The number of carbonyl (C=O) groups is 1. The van der Waals surface area contributed by atoms with E-state index in [1.54, 1.807) is 6.20 Å². The number of nitrogens with zero attached hydrogens (tertiary/aromatic N) is 2. The van der Waals surface area contributed by atoms with Gasteiger partial charge in [0.05, 0.1) is 12.3 Å². The summed E-state index contributed by atoms with van der Waals surface area (Å²) >= 11 is 0. The predicted molar refractivity (Wildman–Crippen MR) is 92.9 cm³/mol. The standard InChI is InChI=1S/C19H26N2O3/c1-19(2,3)24-18(22)21-13-12-17(20-21)11-7-8-14-23-15-16-9-5-4-6-10-16/h4-6,9-10,12-13H,7-8,11,14-15H2,1-3H3. The van der Waals surface area contributed by atoms with E-state index in [2.05, 4.69) is 17.2 Å². The van der Waals surface area contributed by atoms with E-state index < -0.39 is 11.7 Å². The minimum Gasteiger partial charge on any atom is -0.442 e. The average Bonchev–Trinajstić information content (AvgIpc) is 2.99. The molecule has 0 saturated heterocycles. The molecule has 0 radical (unpaired) electrons. The van der Waals surface area contributed by atoms with Gasteiger partial charge in [-0.3, -0.25) is 0 Å². The Morgan fingerprint density at radius 2 is 1.88 bits per heavy atom. The molecule has 0 amide bonds. The third-order valence-corrected chi connectivity index (χ3v) is 3.31. The molecule has 0 N–H and O–H groups in total. The molecule has 2 rings (SSSR count).